The summed E-state index contributed by atoms with van der Waals surface area (Å²) in [7, 11) is 0. The van der Waals surface area contributed by atoms with Gasteiger partial charge in [0.1, 0.15) is 12.0 Å². The number of aliphatic imine (C=N–C) groups is 1. The number of hydrogen-bond donors (Lipinski definition) is 0. The van der Waals surface area contributed by atoms with Crippen LogP contribution in [0.3, 0.4) is 0 Å². The van der Waals surface area contributed by atoms with Gasteiger partial charge in [-0.3, -0.25) is 19.7 Å². The largest absolute Gasteiger partial charge is 0.462 e. The van der Waals surface area contributed by atoms with Crippen molar-refractivity contribution in [2.75, 3.05) is 0 Å². The van der Waals surface area contributed by atoms with Crippen LogP contribution < -0.4 is 0 Å². The number of halogens is 1. The van der Waals surface area contributed by atoms with Gasteiger partial charge in [0.15, 0.2) is 5.76 Å². The third-order valence-electron chi connectivity index (χ3n) is 5.43. The van der Waals surface area contributed by atoms with Crippen molar-refractivity contribution >= 4 is 27.3 Å². The second-order valence-electron chi connectivity index (χ2n) is 7.37. The molecular formula is C23H17BrN4O3. The summed E-state index contributed by atoms with van der Waals surface area (Å²) < 4.78 is 8.56. The van der Waals surface area contributed by atoms with Gasteiger partial charge in [0, 0.05) is 16.1 Å². The molecule has 0 radical (unpaired) electrons. The Bertz CT molecular complexity index is 1370. The smallest absolute Gasteiger partial charge is 0.278 e. The van der Waals surface area contributed by atoms with Crippen LogP contribution in [0.25, 0.3) is 17.1 Å². The number of para-hydroxylation sites is 1. The number of aryl methyl sites for hydroxylation is 1. The van der Waals surface area contributed by atoms with Gasteiger partial charge in [0.2, 0.25) is 0 Å². The predicted molar refractivity (Wildman–Crippen MR) is 121 cm³/mol. The molecule has 0 saturated carbocycles. The maximum atomic E-state index is 11.7. The molecule has 0 aliphatic carbocycles. The Kier molecular flexibility index (Phi) is 4.59. The first-order valence-corrected chi connectivity index (χ1v) is 10.5. The molecule has 3 heterocycles. The first kappa shape index (κ1) is 19.4. The van der Waals surface area contributed by atoms with E-state index in [1.54, 1.807) is 30.8 Å². The average molecular weight is 477 g/mol. The minimum absolute atomic E-state index is 0.0196. The van der Waals surface area contributed by atoms with E-state index in [9.17, 15) is 10.1 Å². The fourth-order valence-corrected chi connectivity index (χ4v) is 4.38. The molecule has 8 heteroatoms. The van der Waals surface area contributed by atoms with Gasteiger partial charge in [-0.2, -0.15) is 0 Å². The van der Waals surface area contributed by atoms with Crippen molar-refractivity contribution in [2.45, 2.75) is 19.9 Å². The first-order valence-electron chi connectivity index (χ1n) is 9.69. The Morgan fingerprint density at radius 1 is 1.16 bits per heavy atom. The number of fused-ring (bicyclic) bond motifs is 3. The van der Waals surface area contributed by atoms with E-state index < -0.39 is 0 Å². The lowest BCUT2D eigenvalue weighted by Gasteiger charge is -2.12. The van der Waals surface area contributed by atoms with Crippen LogP contribution >= 0.6 is 15.9 Å². The lowest BCUT2D eigenvalue weighted by Crippen LogP contribution is -2.09. The number of nitro benzene ring substituents is 1. The summed E-state index contributed by atoms with van der Waals surface area (Å²) in [6.45, 7) is 3.93. The van der Waals surface area contributed by atoms with Gasteiger partial charge in [-0.1, -0.05) is 28.1 Å². The van der Waals surface area contributed by atoms with Crippen molar-refractivity contribution in [3.8, 4) is 17.1 Å². The average Bonchev–Trinajstić information content (AvgIpc) is 3.35. The maximum absolute atomic E-state index is 11.7. The quantitative estimate of drug-likeness (QED) is 0.267. The Labute approximate surface area is 186 Å². The molecule has 2 aromatic carbocycles. The molecule has 0 bridgehead atoms. The summed E-state index contributed by atoms with van der Waals surface area (Å²) in [6, 6.07) is 14.1. The molecule has 7 nitrogen and oxygen atoms in total. The van der Waals surface area contributed by atoms with Gasteiger partial charge in [-0.15, -0.1) is 0 Å². The Morgan fingerprint density at radius 2 is 1.97 bits per heavy atom. The summed E-state index contributed by atoms with van der Waals surface area (Å²) >= 11 is 3.54. The van der Waals surface area contributed by atoms with Crippen molar-refractivity contribution < 1.29 is 9.34 Å². The molecule has 0 N–H and O–H groups in total. The summed E-state index contributed by atoms with van der Waals surface area (Å²) in [4.78, 5) is 21.0. The zero-order valence-corrected chi connectivity index (χ0v) is 18.3. The molecule has 0 saturated heterocycles. The van der Waals surface area contributed by atoms with E-state index >= 15 is 0 Å². The Hall–Kier alpha value is -3.52. The van der Waals surface area contributed by atoms with E-state index in [-0.39, 0.29) is 16.7 Å². The number of benzene rings is 2. The minimum Gasteiger partial charge on any atom is -0.462 e. The number of rotatable bonds is 3. The molecule has 0 amide bonds. The molecule has 4 aromatic rings. The second kappa shape index (κ2) is 7.31. The van der Waals surface area contributed by atoms with Crippen LogP contribution in [0.4, 0.5) is 5.69 Å². The first-order chi connectivity index (χ1) is 15.0. The highest BCUT2D eigenvalue weighted by atomic mass is 79.9. The molecule has 154 valence electrons. The lowest BCUT2D eigenvalue weighted by atomic mass is 9.99. The molecule has 2 aromatic heterocycles. The highest BCUT2D eigenvalue weighted by Crippen LogP contribution is 2.39. The molecule has 31 heavy (non-hydrogen) atoms. The van der Waals surface area contributed by atoms with Crippen LogP contribution in [-0.2, 0) is 0 Å². The summed E-state index contributed by atoms with van der Waals surface area (Å²) in [5, 5.41) is 11.7. The third kappa shape index (κ3) is 3.11. The van der Waals surface area contributed by atoms with Crippen LogP contribution in [0, 0.1) is 17.0 Å². The second-order valence-corrected chi connectivity index (χ2v) is 8.29. The normalized spacial score (nSPS) is 15.1. The molecule has 0 fully saturated rings. The van der Waals surface area contributed by atoms with E-state index in [4.69, 9.17) is 9.41 Å². The Balaban J connectivity index is 1.82. The molecule has 0 unspecified atom stereocenters. The minimum atomic E-state index is -0.370. The van der Waals surface area contributed by atoms with Crippen LogP contribution in [-0.4, -0.2) is 20.2 Å². The molecular weight excluding hydrogens is 460 g/mol. The maximum Gasteiger partial charge on any atom is 0.278 e. The van der Waals surface area contributed by atoms with E-state index in [1.165, 1.54) is 6.07 Å². The topological polar surface area (TPSA) is 86.5 Å². The van der Waals surface area contributed by atoms with Gasteiger partial charge in [0.05, 0.1) is 39.9 Å². The number of imidazole rings is 1. The molecule has 1 atom stereocenters. The highest BCUT2D eigenvalue weighted by molar-refractivity contribution is 9.10. The number of hydrogen-bond acceptors (Lipinski definition) is 5. The molecule has 0 spiro atoms. The van der Waals surface area contributed by atoms with Crippen molar-refractivity contribution in [2.24, 2.45) is 4.99 Å². The zero-order valence-electron chi connectivity index (χ0n) is 16.7. The summed E-state index contributed by atoms with van der Waals surface area (Å²) in [6.07, 6.45) is 3.40. The van der Waals surface area contributed by atoms with E-state index in [0.717, 1.165) is 32.7 Å². The molecule has 1 aliphatic rings. The van der Waals surface area contributed by atoms with Crippen LogP contribution in [0.5, 0.6) is 0 Å². The zero-order chi connectivity index (χ0) is 21.7. The van der Waals surface area contributed by atoms with Gasteiger partial charge in [0.25, 0.3) is 5.69 Å². The van der Waals surface area contributed by atoms with Crippen molar-refractivity contribution in [1.82, 2.24) is 9.55 Å². The van der Waals surface area contributed by atoms with Gasteiger partial charge >= 0.3 is 0 Å². The molecule has 1 aliphatic heterocycles. The van der Waals surface area contributed by atoms with Gasteiger partial charge in [-0.05, 0) is 49.7 Å². The van der Waals surface area contributed by atoms with E-state index in [1.807, 2.05) is 42.7 Å². The third-order valence-corrected chi connectivity index (χ3v) is 5.92. The van der Waals surface area contributed by atoms with E-state index in [0.29, 0.717) is 17.0 Å². The van der Waals surface area contributed by atoms with Crippen molar-refractivity contribution in [3.63, 3.8) is 0 Å². The Morgan fingerprint density at radius 3 is 2.71 bits per heavy atom. The van der Waals surface area contributed by atoms with Crippen molar-refractivity contribution in [3.05, 3.63) is 98.1 Å². The van der Waals surface area contributed by atoms with Gasteiger partial charge < -0.3 is 4.42 Å². The fraction of sp³-hybridized carbons (Fsp3) is 0.130. The number of furan rings is 1. The van der Waals surface area contributed by atoms with Crippen LogP contribution in [0.1, 0.15) is 35.3 Å². The van der Waals surface area contributed by atoms with Crippen LogP contribution in [0.15, 0.2) is 75.0 Å². The standard InChI is InChI=1S/C23H17BrN4O3/c1-13-9-10-31-23(13)21-22-14(2)26-20(16-5-3-4-6-19(16)28(29)30)17-11-15(24)7-8-18(17)27(22)12-25-21/h3-12,14H,1-2H3/t14-/m0/s1. The van der Waals surface area contributed by atoms with Gasteiger partial charge in [-0.25, -0.2) is 4.98 Å². The van der Waals surface area contributed by atoms with Crippen molar-refractivity contribution in [1.29, 1.82) is 0 Å². The fourth-order valence-electron chi connectivity index (χ4n) is 4.02. The number of nitro groups is 1. The summed E-state index contributed by atoms with van der Waals surface area (Å²) in [5.41, 5.74) is 5.28. The SMILES string of the molecule is Cc1ccoc1-c1ncn2c1[C@H](C)N=C(c1ccccc1[N+](=O)[O-])c1cc(Br)ccc1-2. The highest BCUT2D eigenvalue weighted by Gasteiger charge is 2.30. The monoisotopic (exact) mass is 476 g/mol. The van der Waals surface area contributed by atoms with Crippen LogP contribution in [0.2, 0.25) is 0 Å². The van der Waals surface area contributed by atoms with E-state index in [2.05, 4.69) is 20.9 Å². The number of aromatic nitrogens is 2. The lowest BCUT2D eigenvalue weighted by molar-refractivity contribution is -0.385. The summed E-state index contributed by atoms with van der Waals surface area (Å²) in [5.74, 6) is 0.698. The molecule has 5 rings (SSSR count). The number of nitrogens with zero attached hydrogens (tertiary/aromatic N) is 4. The predicted octanol–water partition coefficient (Wildman–Crippen LogP) is 6.02.